The van der Waals surface area contributed by atoms with Gasteiger partial charge in [0.1, 0.15) is 0 Å². The lowest BCUT2D eigenvalue weighted by molar-refractivity contribution is -0.116. The number of ether oxygens (including phenoxy) is 4. The number of methoxy groups -OCH3 is 3. The van der Waals surface area contributed by atoms with Crippen molar-refractivity contribution in [2.45, 2.75) is 12.8 Å². The second-order valence-corrected chi connectivity index (χ2v) is 6.73. The molecule has 0 radical (unpaired) electrons. The first-order valence-electron chi connectivity index (χ1n) is 9.66. The maximum absolute atomic E-state index is 12.4. The van der Waals surface area contributed by atoms with Gasteiger partial charge in [-0.1, -0.05) is 0 Å². The van der Waals surface area contributed by atoms with Crippen molar-refractivity contribution in [3.05, 3.63) is 42.0 Å². The van der Waals surface area contributed by atoms with Crippen LogP contribution >= 0.6 is 0 Å². The third-order valence-electron chi connectivity index (χ3n) is 4.89. The molecule has 0 atom stereocenters. The van der Waals surface area contributed by atoms with Gasteiger partial charge in [-0.2, -0.15) is 0 Å². The largest absolute Gasteiger partial charge is 0.493 e. The molecular weight excluding hydrogens is 372 g/mol. The first kappa shape index (κ1) is 20.8. The second kappa shape index (κ2) is 10.0. The van der Waals surface area contributed by atoms with Crippen LogP contribution in [0.1, 0.15) is 12.0 Å². The molecule has 1 N–H and O–H groups in total. The Bertz CT molecular complexity index is 791. The highest BCUT2D eigenvalue weighted by molar-refractivity contribution is 5.91. The van der Waals surface area contributed by atoms with Crippen molar-refractivity contribution in [3.63, 3.8) is 0 Å². The number of morpholine rings is 1. The Morgan fingerprint density at radius 3 is 2.17 bits per heavy atom. The molecule has 0 saturated carbocycles. The fourth-order valence-corrected chi connectivity index (χ4v) is 3.34. The summed E-state index contributed by atoms with van der Waals surface area (Å²) < 4.78 is 21.4. The zero-order chi connectivity index (χ0) is 20.6. The molecule has 2 aromatic carbocycles. The molecule has 0 aromatic heterocycles. The molecular formula is C22H28N2O5. The molecule has 2 aromatic rings. The van der Waals surface area contributed by atoms with Crippen LogP contribution in [0.2, 0.25) is 0 Å². The van der Waals surface area contributed by atoms with Crippen LogP contribution < -0.4 is 24.4 Å². The molecule has 0 bridgehead atoms. The fourth-order valence-electron chi connectivity index (χ4n) is 3.34. The molecule has 0 aliphatic carbocycles. The van der Waals surface area contributed by atoms with E-state index < -0.39 is 0 Å². The lowest BCUT2D eigenvalue weighted by Crippen LogP contribution is -2.36. The van der Waals surface area contributed by atoms with Gasteiger partial charge in [0.2, 0.25) is 11.7 Å². The summed E-state index contributed by atoms with van der Waals surface area (Å²) in [5, 5.41) is 2.95. The Morgan fingerprint density at radius 1 is 1.00 bits per heavy atom. The van der Waals surface area contributed by atoms with Gasteiger partial charge in [-0.25, -0.2) is 0 Å². The van der Waals surface area contributed by atoms with Gasteiger partial charge in [-0.3, -0.25) is 4.79 Å². The van der Waals surface area contributed by atoms with Crippen molar-refractivity contribution < 1.29 is 23.7 Å². The van der Waals surface area contributed by atoms with Crippen LogP contribution in [-0.2, 0) is 16.0 Å². The second-order valence-electron chi connectivity index (χ2n) is 6.73. The van der Waals surface area contributed by atoms with Crippen LogP contribution in [0.4, 0.5) is 11.4 Å². The van der Waals surface area contributed by atoms with Crippen molar-refractivity contribution in [3.8, 4) is 17.2 Å². The maximum atomic E-state index is 12.4. The van der Waals surface area contributed by atoms with Gasteiger partial charge < -0.3 is 29.2 Å². The summed E-state index contributed by atoms with van der Waals surface area (Å²) in [6.07, 6.45) is 0.915. The SMILES string of the molecule is COc1cc(CCC(=O)Nc2ccc(N3CCOCC3)cc2)cc(OC)c1OC. The predicted octanol–water partition coefficient (Wildman–Crippen LogP) is 3.12. The van der Waals surface area contributed by atoms with Gasteiger partial charge in [-0.15, -0.1) is 0 Å². The smallest absolute Gasteiger partial charge is 0.224 e. The number of nitrogens with one attached hydrogen (secondary N) is 1. The van der Waals surface area contributed by atoms with Crippen molar-refractivity contribution >= 4 is 17.3 Å². The minimum atomic E-state index is -0.0436. The van der Waals surface area contributed by atoms with Crippen molar-refractivity contribution in [1.82, 2.24) is 0 Å². The Labute approximate surface area is 171 Å². The van der Waals surface area contributed by atoms with Crippen molar-refractivity contribution in [1.29, 1.82) is 0 Å². The molecule has 1 aliphatic heterocycles. The number of carbonyl (C=O) groups excluding carboxylic acids is 1. The minimum absolute atomic E-state index is 0.0436. The highest BCUT2D eigenvalue weighted by Gasteiger charge is 2.14. The lowest BCUT2D eigenvalue weighted by atomic mass is 10.1. The summed E-state index contributed by atoms with van der Waals surface area (Å²) in [5.41, 5.74) is 2.87. The third-order valence-corrected chi connectivity index (χ3v) is 4.89. The summed E-state index contributed by atoms with van der Waals surface area (Å²) in [6, 6.07) is 11.7. The molecule has 7 nitrogen and oxygen atoms in total. The number of benzene rings is 2. The molecule has 0 unspecified atom stereocenters. The van der Waals surface area contributed by atoms with Crippen molar-refractivity contribution in [2.24, 2.45) is 0 Å². The summed E-state index contributed by atoms with van der Waals surface area (Å²) in [4.78, 5) is 14.7. The molecule has 29 heavy (non-hydrogen) atoms. The molecule has 1 saturated heterocycles. The van der Waals surface area contributed by atoms with Gasteiger partial charge in [0.05, 0.1) is 34.5 Å². The highest BCUT2D eigenvalue weighted by Crippen LogP contribution is 2.38. The molecule has 0 spiro atoms. The van der Waals surface area contributed by atoms with E-state index in [0.29, 0.717) is 30.1 Å². The molecule has 156 valence electrons. The predicted molar refractivity (Wildman–Crippen MR) is 113 cm³/mol. The number of rotatable bonds is 8. The zero-order valence-corrected chi connectivity index (χ0v) is 17.2. The minimum Gasteiger partial charge on any atom is -0.493 e. The molecule has 7 heteroatoms. The van der Waals surface area contributed by atoms with Crippen LogP contribution in [0.5, 0.6) is 17.2 Å². The van der Waals surface area contributed by atoms with Crippen LogP contribution in [0, 0.1) is 0 Å². The molecule has 1 fully saturated rings. The van der Waals surface area contributed by atoms with E-state index in [1.54, 1.807) is 21.3 Å². The van der Waals surface area contributed by atoms with E-state index in [2.05, 4.69) is 10.2 Å². The average Bonchev–Trinajstić information content (AvgIpc) is 2.78. The number of aryl methyl sites for hydroxylation is 1. The van der Waals surface area contributed by atoms with E-state index in [4.69, 9.17) is 18.9 Å². The van der Waals surface area contributed by atoms with E-state index in [1.165, 1.54) is 0 Å². The number of anilines is 2. The zero-order valence-electron chi connectivity index (χ0n) is 17.2. The van der Waals surface area contributed by atoms with E-state index in [1.807, 2.05) is 36.4 Å². The Hall–Kier alpha value is -2.93. The van der Waals surface area contributed by atoms with Gasteiger partial charge >= 0.3 is 0 Å². The normalized spacial score (nSPS) is 13.7. The fraction of sp³-hybridized carbons (Fsp3) is 0.409. The standard InChI is InChI=1S/C22H28N2O5/c1-26-19-14-16(15-20(27-2)22(19)28-3)4-9-21(25)23-17-5-7-18(8-6-17)24-10-12-29-13-11-24/h5-8,14-15H,4,9-13H2,1-3H3,(H,23,25). The molecule has 1 amide bonds. The monoisotopic (exact) mass is 400 g/mol. The summed E-state index contributed by atoms with van der Waals surface area (Å²) in [5.74, 6) is 1.67. The van der Waals surface area contributed by atoms with Crippen LogP contribution in [0.15, 0.2) is 36.4 Å². The van der Waals surface area contributed by atoms with Crippen LogP contribution in [0.25, 0.3) is 0 Å². The molecule has 3 rings (SSSR count). The maximum Gasteiger partial charge on any atom is 0.224 e. The van der Waals surface area contributed by atoms with E-state index in [-0.39, 0.29) is 5.91 Å². The number of nitrogens with zero attached hydrogens (tertiary/aromatic N) is 1. The first-order chi connectivity index (χ1) is 14.1. The average molecular weight is 400 g/mol. The Balaban J connectivity index is 1.57. The Morgan fingerprint density at radius 2 is 1.62 bits per heavy atom. The number of hydrogen-bond donors (Lipinski definition) is 1. The third kappa shape index (κ3) is 5.32. The first-order valence-corrected chi connectivity index (χ1v) is 9.66. The summed E-state index contributed by atoms with van der Waals surface area (Å²) >= 11 is 0. The van der Waals surface area contributed by atoms with E-state index in [0.717, 1.165) is 43.2 Å². The van der Waals surface area contributed by atoms with E-state index >= 15 is 0 Å². The lowest BCUT2D eigenvalue weighted by Gasteiger charge is -2.28. The van der Waals surface area contributed by atoms with Gasteiger partial charge in [-0.05, 0) is 48.4 Å². The number of amides is 1. The topological polar surface area (TPSA) is 69.3 Å². The molecule has 1 aliphatic rings. The van der Waals surface area contributed by atoms with Gasteiger partial charge in [0, 0.05) is 30.9 Å². The molecule has 1 heterocycles. The Kier molecular flexibility index (Phi) is 7.19. The van der Waals surface area contributed by atoms with Gasteiger partial charge in [0.15, 0.2) is 11.5 Å². The van der Waals surface area contributed by atoms with Crippen molar-refractivity contribution in [2.75, 3.05) is 57.8 Å². The van der Waals surface area contributed by atoms with Gasteiger partial charge in [0.25, 0.3) is 0 Å². The highest BCUT2D eigenvalue weighted by atomic mass is 16.5. The summed E-state index contributed by atoms with van der Waals surface area (Å²) in [6.45, 7) is 3.28. The number of carbonyl (C=O) groups is 1. The van der Waals surface area contributed by atoms with E-state index in [9.17, 15) is 4.79 Å². The summed E-state index contributed by atoms with van der Waals surface area (Å²) in [7, 11) is 4.72. The number of hydrogen-bond acceptors (Lipinski definition) is 6. The quantitative estimate of drug-likeness (QED) is 0.734. The van der Waals surface area contributed by atoms with Crippen LogP contribution in [0.3, 0.4) is 0 Å². The van der Waals surface area contributed by atoms with Crippen LogP contribution in [-0.4, -0.2) is 53.5 Å².